The van der Waals surface area contributed by atoms with Gasteiger partial charge in [0.05, 0.1) is 11.6 Å². The first-order valence-corrected chi connectivity index (χ1v) is 7.99. The van der Waals surface area contributed by atoms with Gasteiger partial charge in [0.25, 0.3) is 5.91 Å². The number of allylic oxidation sites excluding steroid dienone is 2. The number of amides is 3. The standard InChI is InChI=1S/C19H15N3O3/c1-2-18(16(23)21-17(24)22-18)19(25)14-9-8-12(15(19)13(14)10-20)11-6-4-3-5-7-11/h3-9,25H,2H2,1H3,(H2,21,22,23,24). The SMILES string of the molecule is CCC1(C2(O)c3ccc(-c4ccccc4)c2c3C#N)NC(=O)NC1=O. The van der Waals surface area contributed by atoms with Crippen molar-refractivity contribution >= 4 is 17.5 Å². The molecular weight excluding hydrogens is 318 g/mol. The number of carbonyl (C=O) groups is 2. The Labute approximate surface area is 144 Å². The zero-order chi connectivity index (χ0) is 17.8. The van der Waals surface area contributed by atoms with Gasteiger partial charge in [-0.05, 0) is 17.6 Å². The Morgan fingerprint density at radius 2 is 1.92 bits per heavy atom. The molecule has 0 spiro atoms. The predicted molar refractivity (Wildman–Crippen MR) is 89.8 cm³/mol. The van der Waals surface area contributed by atoms with Crippen molar-refractivity contribution in [3.05, 3.63) is 64.8 Å². The topological polar surface area (TPSA) is 102 Å². The molecule has 1 heterocycles. The number of fused-ring (bicyclic) bond motifs is 2. The number of nitrogens with one attached hydrogen (secondary N) is 2. The summed E-state index contributed by atoms with van der Waals surface area (Å²) in [4.78, 5) is 24.3. The molecule has 3 amide bonds. The highest BCUT2D eigenvalue weighted by molar-refractivity contribution is 6.11. The van der Waals surface area contributed by atoms with E-state index in [1.54, 1.807) is 13.0 Å². The third-order valence-corrected chi connectivity index (χ3v) is 5.24. The van der Waals surface area contributed by atoms with Crippen LogP contribution in [-0.4, -0.2) is 28.2 Å². The van der Waals surface area contributed by atoms with Gasteiger partial charge < -0.3 is 10.4 Å². The lowest BCUT2D eigenvalue weighted by Crippen LogP contribution is -2.70. The van der Waals surface area contributed by atoms with Gasteiger partial charge in [0.15, 0.2) is 5.54 Å². The molecule has 1 aliphatic heterocycles. The first-order chi connectivity index (χ1) is 12.0. The van der Waals surface area contributed by atoms with Crippen LogP contribution in [0.4, 0.5) is 4.79 Å². The van der Waals surface area contributed by atoms with Crippen molar-refractivity contribution in [3.63, 3.8) is 0 Å². The number of aliphatic hydroxyl groups is 1. The van der Waals surface area contributed by atoms with Crippen molar-refractivity contribution in [1.29, 1.82) is 5.26 Å². The molecule has 6 nitrogen and oxygen atoms in total. The summed E-state index contributed by atoms with van der Waals surface area (Å²) in [5.41, 5.74) is -0.651. The van der Waals surface area contributed by atoms with Crippen LogP contribution in [0.5, 0.6) is 0 Å². The minimum absolute atomic E-state index is 0.183. The number of hydrogen-bond donors (Lipinski definition) is 3. The van der Waals surface area contributed by atoms with Crippen LogP contribution in [0.25, 0.3) is 5.57 Å². The predicted octanol–water partition coefficient (Wildman–Crippen LogP) is 1.56. The van der Waals surface area contributed by atoms with Crippen molar-refractivity contribution in [2.75, 3.05) is 0 Å². The Morgan fingerprint density at radius 1 is 1.20 bits per heavy atom. The summed E-state index contributed by atoms with van der Waals surface area (Å²) in [6.45, 7) is 1.72. The molecule has 1 saturated heterocycles. The van der Waals surface area contributed by atoms with Gasteiger partial charge in [-0.3, -0.25) is 10.1 Å². The minimum Gasteiger partial charge on any atom is -0.377 e. The first kappa shape index (κ1) is 15.4. The van der Waals surface area contributed by atoms with Crippen LogP contribution in [0, 0.1) is 11.3 Å². The fourth-order valence-electron chi connectivity index (χ4n) is 4.02. The van der Waals surface area contributed by atoms with E-state index in [1.165, 1.54) is 0 Å². The van der Waals surface area contributed by atoms with Crippen molar-refractivity contribution in [1.82, 2.24) is 10.6 Å². The maximum atomic E-state index is 12.5. The van der Waals surface area contributed by atoms with Gasteiger partial charge in [-0.25, -0.2) is 4.79 Å². The van der Waals surface area contributed by atoms with Crippen molar-refractivity contribution in [2.24, 2.45) is 0 Å². The van der Waals surface area contributed by atoms with Crippen LogP contribution in [0.1, 0.15) is 18.9 Å². The lowest BCUT2D eigenvalue weighted by molar-refractivity contribution is -0.131. The Kier molecular flexibility index (Phi) is 3.02. The Bertz CT molecular complexity index is 952. The first-order valence-electron chi connectivity index (χ1n) is 7.99. The molecule has 0 aromatic heterocycles. The number of rotatable bonds is 3. The van der Waals surface area contributed by atoms with Crippen molar-refractivity contribution in [2.45, 2.75) is 24.5 Å². The van der Waals surface area contributed by atoms with Gasteiger partial charge in [0, 0.05) is 11.1 Å². The highest BCUT2D eigenvalue weighted by atomic mass is 16.3. The van der Waals surface area contributed by atoms with E-state index in [4.69, 9.17) is 0 Å². The summed E-state index contributed by atoms with van der Waals surface area (Å²) >= 11 is 0. The van der Waals surface area contributed by atoms with E-state index in [9.17, 15) is 20.0 Å². The summed E-state index contributed by atoms with van der Waals surface area (Å²) in [7, 11) is 0. The largest absolute Gasteiger partial charge is 0.377 e. The number of imide groups is 1. The van der Waals surface area contributed by atoms with E-state index < -0.39 is 23.1 Å². The van der Waals surface area contributed by atoms with Gasteiger partial charge in [0.2, 0.25) is 0 Å². The Balaban J connectivity index is 1.92. The van der Waals surface area contributed by atoms with Crippen LogP contribution in [0.3, 0.4) is 0 Å². The smallest absolute Gasteiger partial charge is 0.322 e. The fourth-order valence-corrected chi connectivity index (χ4v) is 4.02. The minimum atomic E-state index is -1.73. The summed E-state index contributed by atoms with van der Waals surface area (Å²) in [6.07, 6.45) is 3.67. The van der Waals surface area contributed by atoms with E-state index in [1.807, 2.05) is 36.4 Å². The molecule has 3 aliphatic rings. The molecule has 6 heteroatoms. The summed E-state index contributed by atoms with van der Waals surface area (Å²) < 4.78 is 0. The van der Waals surface area contributed by atoms with Gasteiger partial charge in [-0.2, -0.15) is 5.26 Å². The van der Waals surface area contributed by atoms with Crippen LogP contribution < -0.4 is 10.6 Å². The highest BCUT2D eigenvalue weighted by Gasteiger charge is 2.69. The normalized spacial score (nSPS) is 30.0. The molecule has 0 saturated carbocycles. The lowest BCUT2D eigenvalue weighted by atomic mass is 9.54. The number of hydrogen-bond acceptors (Lipinski definition) is 4. The summed E-state index contributed by atoms with van der Waals surface area (Å²) in [5, 5.41) is 25.9. The molecule has 1 aromatic rings. The Morgan fingerprint density at radius 3 is 2.48 bits per heavy atom. The maximum absolute atomic E-state index is 12.5. The monoisotopic (exact) mass is 333 g/mol. The molecule has 124 valence electrons. The molecule has 0 radical (unpaired) electrons. The molecule has 1 fully saturated rings. The number of carbonyl (C=O) groups excluding carboxylic acids is 2. The van der Waals surface area contributed by atoms with Gasteiger partial charge in [-0.1, -0.05) is 49.4 Å². The van der Waals surface area contributed by atoms with Crippen LogP contribution in [-0.2, 0) is 4.79 Å². The summed E-state index contributed by atoms with van der Waals surface area (Å²) in [5.74, 6) is -0.586. The second kappa shape index (κ2) is 4.91. The zero-order valence-electron chi connectivity index (χ0n) is 13.5. The van der Waals surface area contributed by atoms with E-state index in [0.29, 0.717) is 22.3 Å². The molecule has 25 heavy (non-hydrogen) atoms. The van der Waals surface area contributed by atoms with Crippen LogP contribution >= 0.6 is 0 Å². The van der Waals surface area contributed by atoms with Crippen LogP contribution in [0.2, 0.25) is 0 Å². The molecule has 2 atom stereocenters. The zero-order valence-corrected chi connectivity index (χ0v) is 13.5. The maximum Gasteiger partial charge on any atom is 0.322 e. The quantitative estimate of drug-likeness (QED) is 0.731. The van der Waals surface area contributed by atoms with E-state index in [-0.39, 0.29) is 6.42 Å². The highest BCUT2D eigenvalue weighted by Crippen LogP contribution is 2.58. The molecule has 2 bridgehead atoms. The molecule has 3 N–H and O–H groups in total. The summed E-state index contributed by atoms with van der Waals surface area (Å²) in [6, 6.07) is 10.8. The third kappa shape index (κ3) is 1.65. The average Bonchev–Trinajstić information content (AvgIpc) is 2.95. The number of urea groups is 1. The second-order valence-electron chi connectivity index (χ2n) is 6.27. The number of benzene rings is 1. The van der Waals surface area contributed by atoms with Gasteiger partial charge in [-0.15, -0.1) is 0 Å². The van der Waals surface area contributed by atoms with Gasteiger partial charge >= 0.3 is 6.03 Å². The van der Waals surface area contributed by atoms with E-state index in [2.05, 4.69) is 16.7 Å². The lowest BCUT2D eigenvalue weighted by Gasteiger charge is -2.53. The fraction of sp³-hybridized carbons (Fsp3) is 0.211. The molecular formula is C19H15N3O3. The Hall–Kier alpha value is -3.17. The molecule has 2 unspecified atom stereocenters. The number of nitriles is 1. The van der Waals surface area contributed by atoms with Crippen LogP contribution in [0.15, 0.2) is 59.2 Å². The number of nitrogens with zero attached hydrogens (tertiary/aromatic N) is 1. The second-order valence-corrected chi connectivity index (χ2v) is 6.27. The third-order valence-electron chi connectivity index (χ3n) is 5.24. The average molecular weight is 333 g/mol. The van der Waals surface area contributed by atoms with E-state index in [0.717, 1.165) is 5.56 Å². The molecule has 1 aromatic carbocycles. The van der Waals surface area contributed by atoms with E-state index >= 15 is 0 Å². The van der Waals surface area contributed by atoms with Gasteiger partial charge in [0.1, 0.15) is 5.60 Å². The molecule has 2 aliphatic carbocycles. The van der Waals surface area contributed by atoms with Crippen molar-refractivity contribution < 1.29 is 14.7 Å². The van der Waals surface area contributed by atoms with Crippen molar-refractivity contribution in [3.8, 4) is 6.07 Å². The molecule has 4 rings (SSSR count).